The van der Waals surface area contributed by atoms with Gasteiger partial charge in [0.2, 0.25) is 0 Å². The number of ether oxygens (including phenoxy) is 1. The Balaban J connectivity index is 1.36. The fraction of sp³-hybridized carbons (Fsp3) is 0.320. The molecule has 1 aliphatic carbocycles. The molecule has 0 unspecified atom stereocenters. The first-order valence-electron chi connectivity index (χ1n) is 11.2. The average Bonchev–Trinajstić information content (AvgIpc) is 3.55. The van der Waals surface area contributed by atoms with Gasteiger partial charge in [-0.1, -0.05) is 0 Å². The zero-order valence-corrected chi connectivity index (χ0v) is 19.5. The summed E-state index contributed by atoms with van der Waals surface area (Å²) in [5.41, 5.74) is 3.33. The Morgan fingerprint density at radius 3 is 2.73 bits per heavy atom. The number of benzene rings is 1. The largest absolute Gasteiger partial charge is 0.455 e. The van der Waals surface area contributed by atoms with Gasteiger partial charge in [-0.25, -0.2) is 4.52 Å². The molecule has 4 aromatic rings. The van der Waals surface area contributed by atoms with E-state index < -0.39 is 0 Å². The lowest BCUT2D eigenvalue weighted by Gasteiger charge is -2.25. The standard InChI is InChI=1S/C25H24N4O3S/c1-13-19(25(31)28-11-15-8-16(28)9-15)12-29-22(13)20(6-7-27-29)32-17-4-5-18-14(2)23(24(30)26-3)33-21(18)10-17/h4-7,10,12,15-16H,8-9,11H2,1-3H3,(H,26,30). The molecule has 2 aliphatic heterocycles. The zero-order valence-electron chi connectivity index (χ0n) is 18.7. The molecule has 3 aliphatic rings. The second-order valence-corrected chi connectivity index (χ2v) is 10.1. The van der Waals surface area contributed by atoms with Crippen molar-refractivity contribution in [2.75, 3.05) is 13.6 Å². The summed E-state index contributed by atoms with van der Waals surface area (Å²) in [7, 11) is 1.64. The van der Waals surface area contributed by atoms with Crippen LogP contribution in [0.3, 0.4) is 0 Å². The van der Waals surface area contributed by atoms with Gasteiger partial charge in [0.15, 0.2) is 5.75 Å². The van der Waals surface area contributed by atoms with E-state index in [4.69, 9.17) is 4.74 Å². The molecule has 1 N–H and O–H groups in total. The first-order valence-corrected chi connectivity index (χ1v) is 12.0. The molecule has 33 heavy (non-hydrogen) atoms. The Hall–Kier alpha value is -3.39. The normalized spacial score (nSPS) is 19.2. The van der Waals surface area contributed by atoms with Gasteiger partial charge in [-0.3, -0.25) is 9.59 Å². The lowest BCUT2D eigenvalue weighted by Crippen LogP contribution is -2.34. The van der Waals surface area contributed by atoms with Crippen LogP contribution in [0.15, 0.2) is 36.7 Å². The van der Waals surface area contributed by atoms with Crippen LogP contribution < -0.4 is 10.1 Å². The van der Waals surface area contributed by atoms with Crippen LogP contribution >= 0.6 is 11.3 Å². The van der Waals surface area contributed by atoms with Gasteiger partial charge in [0.1, 0.15) is 11.3 Å². The first-order chi connectivity index (χ1) is 15.9. The Morgan fingerprint density at radius 1 is 1.18 bits per heavy atom. The average molecular weight is 461 g/mol. The van der Waals surface area contributed by atoms with Crippen LogP contribution in [0.25, 0.3) is 15.6 Å². The lowest BCUT2D eigenvalue weighted by atomic mass is 9.86. The number of nitrogens with zero attached hydrogens (tertiary/aromatic N) is 3. The van der Waals surface area contributed by atoms with Crippen LogP contribution in [0.5, 0.6) is 11.5 Å². The number of fused-ring (bicyclic) bond motifs is 3. The van der Waals surface area contributed by atoms with Crippen molar-refractivity contribution >= 4 is 38.8 Å². The highest BCUT2D eigenvalue weighted by Gasteiger charge is 2.45. The maximum Gasteiger partial charge on any atom is 0.261 e. The number of rotatable bonds is 4. The predicted octanol–water partition coefficient (Wildman–Crippen LogP) is 4.55. The van der Waals surface area contributed by atoms with E-state index in [0.717, 1.165) is 46.1 Å². The SMILES string of the molecule is CNC(=O)c1sc2cc(Oc3ccnn4cc(C(=O)N5CC6CC5C6)c(C)c34)ccc2c1C. The number of carbonyl (C=O) groups is 2. The van der Waals surface area contributed by atoms with E-state index in [1.807, 2.05) is 49.2 Å². The van der Waals surface area contributed by atoms with E-state index in [1.54, 1.807) is 17.8 Å². The summed E-state index contributed by atoms with van der Waals surface area (Å²) in [4.78, 5) is 28.1. The highest BCUT2D eigenvalue weighted by Crippen LogP contribution is 2.42. The first kappa shape index (κ1) is 20.2. The number of amides is 2. The second kappa shape index (κ2) is 7.31. The molecule has 8 heteroatoms. The number of thiophene rings is 1. The minimum atomic E-state index is -0.0801. The third-order valence-corrected chi connectivity index (χ3v) is 8.31. The molecule has 2 amide bonds. The molecule has 0 radical (unpaired) electrons. The van der Waals surface area contributed by atoms with E-state index >= 15 is 0 Å². The summed E-state index contributed by atoms with van der Waals surface area (Å²) in [5.74, 6) is 2.00. The van der Waals surface area contributed by atoms with Crippen LogP contribution in [0.4, 0.5) is 0 Å². The third-order valence-electron chi connectivity index (χ3n) is 7.06. The number of aromatic nitrogens is 2. The van der Waals surface area contributed by atoms with Crippen molar-refractivity contribution in [2.24, 2.45) is 5.92 Å². The highest BCUT2D eigenvalue weighted by molar-refractivity contribution is 7.21. The molecular weight excluding hydrogens is 436 g/mol. The van der Waals surface area contributed by atoms with Crippen molar-refractivity contribution in [3.8, 4) is 11.5 Å². The molecule has 2 saturated heterocycles. The Bertz CT molecular complexity index is 1450. The number of nitrogens with one attached hydrogen (secondary N) is 1. The van der Waals surface area contributed by atoms with Crippen molar-refractivity contribution in [1.82, 2.24) is 19.8 Å². The second-order valence-electron chi connectivity index (χ2n) is 9.00. The highest BCUT2D eigenvalue weighted by atomic mass is 32.1. The van der Waals surface area contributed by atoms with Crippen molar-refractivity contribution in [3.63, 3.8) is 0 Å². The van der Waals surface area contributed by atoms with Crippen LogP contribution in [0, 0.1) is 19.8 Å². The molecule has 7 rings (SSSR count). The molecule has 1 aromatic carbocycles. The molecule has 3 aromatic heterocycles. The van der Waals surface area contributed by atoms with Crippen LogP contribution in [0.1, 0.15) is 44.0 Å². The lowest BCUT2D eigenvalue weighted by molar-refractivity contribution is 0.0750. The molecular formula is C25H24N4O3S. The summed E-state index contributed by atoms with van der Waals surface area (Å²) in [6.45, 7) is 4.78. The fourth-order valence-corrected chi connectivity index (χ4v) is 6.37. The zero-order chi connectivity index (χ0) is 22.9. The Kier molecular flexibility index (Phi) is 4.48. The third kappa shape index (κ3) is 3.04. The van der Waals surface area contributed by atoms with Gasteiger partial charge in [0, 0.05) is 36.6 Å². The van der Waals surface area contributed by atoms with Gasteiger partial charge in [-0.2, -0.15) is 5.10 Å². The van der Waals surface area contributed by atoms with Gasteiger partial charge in [0.25, 0.3) is 11.8 Å². The van der Waals surface area contributed by atoms with Crippen LogP contribution in [-0.4, -0.2) is 46.0 Å². The van der Waals surface area contributed by atoms with Gasteiger partial charge >= 0.3 is 0 Å². The topological polar surface area (TPSA) is 75.9 Å². The smallest absolute Gasteiger partial charge is 0.261 e. The fourth-order valence-electron chi connectivity index (χ4n) is 5.18. The Labute approximate surface area is 195 Å². The molecule has 0 atom stereocenters. The monoisotopic (exact) mass is 460 g/mol. The number of hydrogen-bond acceptors (Lipinski definition) is 5. The summed E-state index contributed by atoms with van der Waals surface area (Å²) in [6.07, 6.45) is 5.77. The molecule has 5 heterocycles. The van der Waals surface area contributed by atoms with Crippen molar-refractivity contribution in [3.05, 3.63) is 58.2 Å². The van der Waals surface area contributed by atoms with E-state index in [9.17, 15) is 9.59 Å². The molecule has 3 fully saturated rings. The van der Waals surface area contributed by atoms with Crippen LogP contribution in [0.2, 0.25) is 0 Å². The van der Waals surface area contributed by atoms with Gasteiger partial charge in [-0.15, -0.1) is 11.3 Å². The summed E-state index contributed by atoms with van der Waals surface area (Å²) < 4.78 is 9.01. The summed E-state index contributed by atoms with van der Waals surface area (Å²) in [5, 5.41) is 8.16. The maximum absolute atomic E-state index is 13.2. The molecule has 0 spiro atoms. The summed E-state index contributed by atoms with van der Waals surface area (Å²) in [6, 6.07) is 8.07. The molecule has 168 valence electrons. The van der Waals surface area contributed by atoms with E-state index in [-0.39, 0.29) is 11.8 Å². The predicted molar refractivity (Wildman–Crippen MR) is 128 cm³/mol. The van der Waals surface area contributed by atoms with Gasteiger partial charge in [0.05, 0.1) is 16.6 Å². The van der Waals surface area contributed by atoms with E-state index in [2.05, 4.69) is 10.4 Å². The van der Waals surface area contributed by atoms with E-state index in [1.165, 1.54) is 11.3 Å². The summed E-state index contributed by atoms with van der Waals surface area (Å²) >= 11 is 1.45. The van der Waals surface area contributed by atoms with Gasteiger partial charge < -0.3 is 15.0 Å². The number of hydrogen-bond donors (Lipinski definition) is 1. The maximum atomic E-state index is 13.2. The van der Waals surface area contributed by atoms with Crippen LogP contribution in [-0.2, 0) is 0 Å². The number of carbonyl (C=O) groups excluding carboxylic acids is 2. The van der Waals surface area contributed by atoms with Gasteiger partial charge in [-0.05, 0) is 67.3 Å². The van der Waals surface area contributed by atoms with Crippen molar-refractivity contribution < 1.29 is 14.3 Å². The molecule has 2 bridgehead atoms. The molecule has 1 saturated carbocycles. The quantitative estimate of drug-likeness (QED) is 0.485. The Morgan fingerprint density at radius 2 is 2.00 bits per heavy atom. The van der Waals surface area contributed by atoms with E-state index in [0.29, 0.717) is 33.9 Å². The van der Waals surface area contributed by atoms with Crippen molar-refractivity contribution in [2.45, 2.75) is 32.7 Å². The molecule has 7 nitrogen and oxygen atoms in total. The number of aryl methyl sites for hydroxylation is 2. The van der Waals surface area contributed by atoms with Crippen molar-refractivity contribution in [1.29, 1.82) is 0 Å². The minimum Gasteiger partial charge on any atom is -0.455 e. The minimum absolute atomic E-state index is 0.0801.